The van der Waals surface area contributed by atoms with E-state index in [1.807, 2.05) is 0 Å². The largest absolute Gasteiger partial charge is 0.387 e. The number of hydrogen-bond acceptors (Lipinski definition) is 7. The minimum atomic E-state index is -0.510. The molecule has 0 aliphatic heterocycles. The van der Waals surface area contributed by atoms with Crippen LogP contribution in [0.3, 0.4) is 0 Å². The Morgan fingerprint density at radius 1 is 0.720 bits per heavy atom. The first-order chi connectivity index (χ1) is 11.7. The van der Waals surface area contributed by atoms with Gasteiger partial charge in [-0.15, -0.1) is 0 Å². The summed E-state index contributed by atoms with van der Waals surface area (Å²) in [4.78, 5) is 21.6. The maximum Gasteiger partial charge on any atom is 0.245 e. The first-order valence-electron chi connectivity index (χ1n) is 8.16. The standard InChI is InChI=1S/C15H30N2O7.Y/c1-2-14(19)16-3-5-21-7-9-23-11-12-24-10-8-22-6-4-17-15(20)13-18;/h18H,2-13H2,1H3,(H,16,19)(H,17,20);. The minimum Gasteiger partial charge on any atom is -0.387 e. The Morgan fingerprint density at radius 3 is 1.44 bits per heavy atom. The van der Waals surface area contributed by atoms with Gasteiger partial charge in [-0.25, -0.2) is 0 Å². The predicted molar refractivity (Wildman–Crippen MR) is 86.7 cm³/mol. The van der Waals surface area contributed by atoms with Crippen LogP contribution in [0, 0.1) is 0 Å². The zero-order chi connectivity index (χ0) is 17.9. The Balaban J connectivity index is 0. The molecule has 145 valence electrons. The minimum absolute atomic E-state index is 0. The van der Waals surface area contributed by atoms with Gasteiger partial charge in [0.05, 0.1) is 52.9 Å². The van der Waals surface area contributed by atoms with Gasteiger partial charge in [0, 0.05) is 52.2 Å². The topological polar surface area (TPSA) is 115 Å². The maximum atomic E-state index is 10.9. The summed E-state index contributed by atoms with van der Waals surface area (Å²) >= 11 is 0. The van der Waals surface area contributed by atoms with Crippen LogP contribution in [0.25, 0.3) is 0 Å². The molecule has 0 fully saturated rings. The molecule has 0 saturated heterocycles. The summed E-state index contributed by atoms with van der Waals surface area (Å²) in [5.74, 6) is -0.396. The normalized spacial score (nSPS) is 10.2. The molecule has 0 aliphatic rings. The van der Waals surface area contributed by atoms with Crippen molar-refractivity contribution in [2.75, 3.05) is 72.6 Å². The summed E-state index contributed by atoms with van der Waals surface area (Å²) < 4.78 is 21.1. The Bertz CT molecular complexity index is 292. The molecular weight excluding hydrogens is 409 g/mol. The summed E-state index contributed by atoms with van der Waals surface area (Å²) in [7, 11) is 0. The third kappa shape index (κ3) is 21.8. The molecule has 2 amide bonds. The molecule has 0 unspecified atom stereocenters. The molecule has 0 rings (SSSR count). The molecule has 25 heavy (non-hydrogen) atoms. The number of aliphatic hydroxyl groups is 1. The Kier molecular flexibility index (Phi) is 23.7. The fourth-order valence-corrected chi connectivity index (χ4v) is 1.47. The van der Waals surface area contributed by atoms with Crippen LogP contribution in [0.4, 0.5) is 0 Å². The van der Waals surface area contributed by atoms with E-state index in [0.29, 0.717) is 72.4 Å². The zero-order valence-electron chi connectivity index (χ0n) is 15.0. The van der Waals surface area contributed by atoms with Gasteiger partial charge < -0.3 is 34.7 Å². The zero-order valence-corrected chi connectivity index (χ0v) is 17.8. The molecule has 0 spiro atoms. The van der Waals surface area contributed by atoms with Gasteiger partial charge in [0.15, 0.2) is 0 Å². The number of ether oxygens (including phenoxy) is 4. The fourth-order valence-electron chi connectivity index (χ4n) is 1.47. The molecule has 0 aromatic heterocycles. The van der Waals surface area contributed by atoms with Crippen LogP contribution >= 0.6 is 0 Å². The van der Waals surface area contributed by atoms with E-state index in [1.54, 1.807) is 6.92 Å². The summed E-state index contributed by atoms with van der Waals surface area (Å²) in [6.07, 6.45) is 0.481. The van der Waals surface area contributed by atoms with Crippen molar-refractivity contribution in [2.24, 2.45) is 0 Å². The molecule has 0 aromatic rings. The van der Waals surface area contributed by atoms with E-state index in [1.165, 1.54) is 0 Å². The SMILES string of the molecule is CCC(=O)NCCOCCOCCOCCOCCNC(=O)CO.[Y]. The molecule has 3 N–H and O–H groups in total. The third-order valence-corrected chi connectivity index (χ3v) is 2.72. The van der Waals surface area contributed by atoms with Crippen LogP contribution in [-0.2, 0) is 61.2 Å². The first-order valence-corrected chi connectivity index (χ1v) is 8.16. The third-order valence-electron chi connectivity index (χ3n) is 2.72. The van der Waals surface area contributed by atoms with Crippen molar-refractivity contribution in [3.63, 3.8) is 0 Å². The van der Waals surface area contributed by atoms with E-state index < -0.39 is 12.5 Å². The number of carbonyl (C=O) groups is 2. The van der Waals surface area contributed by atoms with Crippen LogP contribution in [0.1, 0.15) is 13.3 Å². The van der Waals surface area contributed by atoms with Crippen LogP contribution in [-0.4, -0.2) is 89.5 Å². The summed E-state index contributed by atoms with van der Waals surface area (Å²) in [6, 6.07) is 0. The number of rotatable bonds is 17. The smallest absolute Gasteiger partial charge is 0.245 e. The van der Waals surface area contributed by atoms with Crippen molar-refractivity contribution in [1.82, 2.24) is 10.6 Å². The molecule has 9 nitrogen and oxygen atoms in total. The van der Waals surface area contributed by atoms with Crippen molar-refractivity contribution >= 4 is 11.8 Å². The van der Waals surface area contributed by atoms with Gasteiger partial charge in [-0.2, -0.15) is 0 Å². The Morgan fingerprint density at radius 2 is 1.08 bits per heavy atom. The van der Waals surface area contributed by atoms with Crippen LogP contribution in [0.5, 0.6) is 0 Å². The van der Waals surface area contributed by atoms with Crippen molar-refractivity contribution < 1.29 is 66.4 Å². The van der Waals surface area contributed by atoms with Gasteiger partial charge in [0.25, 0.3) is 0 Å². The van der Waals surface area contributed by atoms with Gasteiger partial charge >= 0.3 is 0 Å². The van der Waals surface area contributed by atoms with E-state index in [4.69, 9.17) is 24.1 Å². The first kappa shape index (κ1) is 27.1. The molecule has 0 saturated carbocycles. The Hall–Kier alpha value is -0.156. The van der Waals surface area contributed by atoms with E-state index in [0.717, 1.165) is 0 Å². The molecular formula is C15H30N2O7Y. The number of amides is 2. The second-order valence-electron chi connectivity index (χ2n) is 4.66. The summed E-state index contributed by atoms with van der Waals surface area (Å²) in [6.45, 7) is 5.80. The quantitative estimate of drug-likeness (QED) is 0.241. The van der Waals surface area contributed by atoms with Crippen LogP contribution < -0.4 is 10.6 Å². The van der Waals surface area contributed by atoms with Crippen molar-refractivity contribution in [3.05, 3.63) is 0 Å². The van der Waals surface area contributed by atoms with Gasteiger partial charge in [-0.1, -0.05) is 6.92 Å². The number of nitrogens with one attached hydrogen (secondary N) is 2. The molecule has 1 radical (unpaired) electrons. The fraction of sp³-hybridized carbons (Fsp3) is 0.867. The predicted octanol–water partition coefficient (Wildman–Crippen LogP) is -1.31. The molecule has 0 atom stereocenters. The van der Waals surface area contributed by atoms with Crippen LogP contribution in [0.2, 0.25) is 0 Å². The monoisotopic (exact) mass is 439 g/mol. The van der Waals surface area contributed by atoms with Crippen molar-refractivity contribution in [3.8, 4) is 0 Å². The van der Waals surface area contributed by atoms with Gasteiger partial charge in [0.1, 0.15) is 6.61 Å². The average Bonchev–Trinajstić information content (AvgIpc) is 2.60. The van der Waals surface area contributed by atoms with E-state index >= 15 is 0 Å². The average molecular weight is 439 g/mol. The van der Waals surface area contributed by atoms with Gasteiger partial charge in [-0.05, 0) is 0 Å². The van der Waals surface area contributed by atoms with E-state index in [2.05, 4.69) is 10.6 Å². The molecule has 0 bridgehead atoms. The maximum absolute atomic E-state index is 10.9. The summed E-state index contributed by atoms with van der Waals surface area (Å²) in [5, 5.41) is 13.7. The van der Waals surface area contributed by atoms with E-state index in [9.17, 15) is 9.59 Å². The molecule has 0 heterocycles. The molecule has 0 aromatic carbocycles. The van der Waals surface area contributed by atoms with Crippen molar-refractivity contribution in [2.45, 2.75) is 13.3 Å². The van der Waals surface area contributed by atoms with E-state index in [-0.39, 0.29) is 38.6 Å². The number of aliphatic hydroxyl groups excluding tert-OH is 1. The van der Waals surface area contributed by atoms with Crippen LogP contribution in [0.15, 0.2) is 0 Å². The number of hydrogen-bond donors (Lipinski definition) is 3. The second kappa shape index (κ2) is 21.9. The van der Waals surface area contributed by atoms with Gasteiger partial charge in [-0.3, -0.25) is 9.59 Å². The van der Waals surface area contributed by atoms with Gasteiger partial charge in [0.2, 0.25) is 11.8 Å². The second-order valence-corrected chi connectivity index (χ2v) is 4.66. The molecule has 0 aliphatic carbocycles. The van der Waals surface area contributed by atoms with Crippen molar-refractivity contribution in [1.29, 1.82) is 0 Å². The Labute approximate surface area is 174 Å². The number of carbonyl (C=O) groups excluding carboxylic acids is 2. The summed E-state index contributed by atoms with van der Waals surface area (Å²) in [5.41, 5.74) is 0. The molecule has 10 heteroatoms.